The number of carboxylic acids is 1. The van der Waals surface area contributed by atoms with Crippen LogP contribution < -0.4 is 10.6 Å². The number of aliphatic carboxylic acids is 1. The normalized spacial score (nSPS) is 16.9. The first kappa shape index (κ1) is 24.8. The highest BCUT2D eigenvalue weighted by atomic mass is 16.5. The lowest BCUT2D eigenvalue weighted by molar-refractivity contribution is -0.143. The maximum Gasteiger partial charge on any atom is 0.408 e. The van der Waals surface area contributed by atoms with Crippen molar-refractivity contribution in [3.8, 4) is 0 Å². The van der Waals surface area contributed by atoms with E-state index in [-0.39, 0.29) is 13.0 Å². The summed E-state index contributed by atoms with van der Waals surface area (Å²) in [4.78, 5) is 51.2. The van der Waals surface area contributed by atoms with E-state index in [0.29, 0.717) is 19.4 Å². The quantitative estimate of drug-likeness (QED) is 0.519. The van der Waals surface area contributed by atoms with Gasteiger partial charge in [-0.1, -0.05) is 60.7 Å². The molecular weight excluding hydrogens is 438 g/mol. The van der Waals surface area contributed by atoms with E-state index < -0.39 is 42.0 Å². The van der Waals surface area contributed by atoms with Gasteiger partial charge in [-0.15, -0.1) is 0 Å². The van der Waals surface area contributed by atoms with Gasteiger partial charge in [0.2, 0.25) is 11.8 Å². The number of alkyl carbamates (subject to hydrolysis) is 1. The van der Waals surface area contributed by atoms with Crippen molar-refractivity contribution in [1.29, 1.82) is 0 Å². The van der Waals surface area contributed by atoms with E-state index >= 15 is 0 Å². The molecular formula is C25H29N3O6. The molecule has 1 saturated heterocycles. The third-order valence-corrected chi connectivity index (χ3v) is 5.65. The standard InChI is InChI=1S/C25H29N3O6/c1-17(24(31)32)26-22(29)21-13-8-14-28(21)23(30)20(15-18-9-4-2-5-10-18)27-25(33)34-16-19-11-6-3-7-12-19/h2-7,9-12,17,20-21H,8,13-16H2,1H3,(H,26,29)(H,27,33)(H,31,32)/t17-,20+,21-/m0/s1. The Morgan fingerprint density at radius 3 is 2.24 bits per heavy atom. The third-order valence-electron chi connectivity index (χ3n) is 5.65. The van der Waals surface area contributed by atoms with E-state index in [4.69, 9.17) is 9.84 Å². The number of nitrogens with zero attached hydrogens (tertiary/aromatic N) is 1. The molecule has 0 saturated carbocycles. The zero-order valence-electron chi connectivity index (χ0n) is 19.0. The van der Waals surface area contributed by atoms with Gasteiger partial charge in [-0.05, 0) is 30.9 Å². The fourth-order valence-corrected chi connectivity index (χ4v) is 3.83. The highest BCUT2D eigenvalue weighted by Gasteiger charge is 2.38. The number of hydrogen-bond acceptors (Lipinski definition) is 5. The van der Waals surface area contributed by atoms with Gasteiger partial charge < -0.3 is 25.4 Å². The molecule has 0 spiro atoms. The van der Waals surface area contributed by atoms with Gasteiger partial charge in [0, 0.05) is 13.0 Å². The van der Waals surface area contributed by atoms with Gasteiger partial charge in [0.05, 0.1) is 0 Å². The van der Waals surface area contributed by atoms with Crippen LogP contribution in [0.1, 0.15) is 30.9 Å². The number of carbonyl (C=O) groups excluding carboxylic acids is 3. The van der Waals surface area contributed by atoms with Gasteiger partial charge in [-0.25, -0.2) is 4.79 Å². The van der Waals surface area contributed by atoms with E-state index in [1.54, 1.807) is 0 Å². The molecule has 0 unspecified atom stereocenters. The number of amides is 3. The largest absolute Gasteiger partial charge is 0.480 e. The van der Waals surface area contributed by atoms with Crippen LogP contribution in [0.4, 0.5) is 4.79 Å². The summed E-state index contributed by atoms with van der Waals surface area (Å²) in [5, 5.41) is 14.2. The van der Waals surface area contributed by atoms with E-state index in [0.717, 1.165) is 11.1 Å². The molecule has 0 aliphatic carbocycles. The lowest BCUT2D eigenvalue weighted by Crippen LogP contribution is -2.55. The summed E-state index contributed by atoms with van der Waals surface area (Å²) < 4.78 is 5.30. The smallest absolute Gasteiger partial charge is 0.408 e. The van der Waals surface area contributed by atoms with Gasteiger partial charge in [-0.2, -0.15) is 0 Å². The van der Waals surface area contributed by atoms with Crippen LogP contribution in [0.25, 0.3) is 0 Å². The molecule has 2 aromatic rings. The van der Waals surface area contributed by atoms with Crippen LogP contribution in [0.5, 0.6) is 0 Å². The molecule has 9 heteroatoms. The predicted molar refractivity (Wildman–Crippen MR) is 124 cm³/mol. The lowest BCUT2D eigenvalue weighted by atomic mass is 10.0. The maximum atomic E-state index is 13.5. The number of likely N-dealkylation sites (tertiary alicyclic amines) is 1. The molecule has 0 radical (unpaired) electrons. The second-order valence-corrected chi connectivity index (χ2v) is 8.21. The van der Waals surface area contributed by atoms with Crippen molar-refractivity contribution < 1.29 is 29.0 Å². The van der Waals surface area contributed by atoms with Gasteiger partial charge in [0.1, 0.15) is 24.7 Å². The Labute approximate surface area is 198 Å². The molecule has 1 aliphatic rings. The van der Waals surface area contributed by atoms with Gasteiger partial charge in [-0.3, -0.25) is 14.4 Å². The summed E-state index contributed by atoms with van der Waals surface area (Å²) in [7, 11) is 0. The number of carboxylic acid groups (broad SMARTS) is 1. The topological polar surface area (TPSA) is 125 Å². The average Bonchev–Trinajstić information content (AvgIpc) is 3.33. The monoisotopic (exact) mass is 467 g/mol. The van der Waals surface area contributed by atoms with E-state index in [9.17, 15) is 19.2 Å². The molecule has 1 fully saturated rings. The Morgan fingerprint density at radius 1 is 1.00 bits per heavy atom. The fraction of sp³-hybridized carbons (Fsp3) is 0.360. The number of nitrogens with one attached hydrogen (secondary N) is 2. The van der Waals surface area contributed by atoms with Crippen molar-refractivity contribution >= 4 is 23.9 Å². The zero-order chi connectivity index (χ0) is 24.5. The van der Waals surface area contributed by atoms with E-state index in [2.05, 4.69) is 10.6 Å². The Balaban J connectivity index is 1.71. The summed E-state index contributed by atoms with van der Waals surface area (Å²) in [5.41, 5.74) is 1.65. The van der Waals surface area contributed by atoms with Crippen LogP contribution in [0.15, 0.2) is 60.7 Å². The van der Waals surface area contributed by atoms with Crippen LogP contribution in [0, 0.1) is 0 Å². The summed E-state index contributed by atoms with van der Waals surface area (Å²) >= 11 is 0. The number of benzene rings is 2. The first-order valence-electron chi connectivity index (χ1n) is 11.2. The van der Waals surface area contributed by atoms with Crippen LogP contribution in [0.3, 0.4) is 0 Å². The van der Waals surface area contributed by atoms with E-state index in [1.165, 1.54) is 11.8 Å². The van der Waals surface area contributed by atoms with E-state index in [1.807, 2.05) is 60.7 Å². The van der Waals surface area contributed by atoms with Crippen LogP contribution >= 0.6 is 0 Å². The highest BCUT2D eigenvalue weighted by molar-refractivity contribution is 5.93. The van der Waals surface area contributed by atoms with Crippen molar-refractivity contribution in [1.82, 2.24) is 15.5 Å². The highest BCUT2D eigenvalue weighted by Crippen LogP contribution is 2.20. The van der Waals surface area contributed by atoms with Crippen LogP contribution in [-0.2, 0) is 32.1 Å². The molecule has 9 nitrogen and oxygen atoms in total. The maximum absolute atomic E-state index is 13.5. The van der Waals surface area contributed by atoms with Gasteiger partial charge in [0.15, 0.2) is 0 Å². The summed E-state index contributed by atoms with van der Waals surface area (Å²) in [6.07, 6.45) is 0.497. The number of rotatable bonds is 9. The first-order valence-corrected chi connectivity index (χ1v) is 11.2. The molecule has 0 bridgehead atoms. The minimum Gasteiger partial charge on any atom is -0.480 e. The molecule has 34 heavy (non-hydrogen) atoms. The second-order valence-electron chi connectivity index (χ2n) is 8.21. The fourth-order valence-electron chi connectivity index (χ4n) is 3.83. The van der Waals surface area contributed by atoms with Crippen LogP contribution in [0.2, 0.25) is 0 Å². The molecule has 0 aromatic heterocycles. The minimum absolute atomic E-state index is 0.0563. The van der Waals surface area contributed by atoms with Crippen molar-refractivity contribution in [2.24, 2.45) is 0 Å². The molecule has 3 rings (SSSR count). The molecule has 1 aliphatic heterocycles. The van der Waals surface area contributed by atoms with Crippen molar-refractivity contribution in [3.63, 3.8) is 0 Å². The Morgan fingerprint density at radius 2 is 1.62 bits per heavy atom. The predicted octanol–water partition coefficient (Wildman–Crippen LogP) is 2.10. The number of hydrogen-bond donors (Lipinski definition) is 3. The lowest BCUT2D eigenvalue weighted by Gasteiger charge is -2.29. The van der Waals surface area contributed by atoms with Crippen LogP contribution in [-0.4, -0.2) is 58.6 Å². The van der Waals surface area contributed by atoms with Gasteiger partial charge >= 0.3 is 12.1 Å². The molecule has 3 amide bonds. The van der Waals surface area contributed by atoms with Crippen molar-refractivity contribution in [2.75, 3.05) is 6.54 Å². The SMILES string of the molecule is C[C@H](NC(=O)[C@@H]1CCCN1C(=O)[C@@H](Cc1ccccc1)NC(=O)OCc1ccccc1)C(=O)O. The summed E-state index contributed by atoms with van der Waals surface area (Å²) in [6, 6.07) is 15.6. The van der Waals surface area contributed by atoms with Gasteiger partial charge in [0.25, 0.3) is 0 Å². The zero-order valence-corrected chi connectivity index (χ0v) is 19.0. The minimum atomic E-state index is -1.16. The second kappa shape index (κ2) is 11.8. The molecule has 3 N–H and O–H groups in total. The molecule has 180 valence electrons. The van der Waals surface area contributed by atoms with Crippen molar-refractivity contribution in [2.45, 2.75) is 50.9 Å². The average molecular weight is 468 g/mol. The Kier molecular flexibility index (Phi) is 8.61. The molecule has 1 heterocycles. The number of carbonyl (C=O) groups is 4. The molecule has 2 aromatic carbocycles. The Hall–Kier alpha value is -3.88. The Bertz CT molecular complexity index is 998. The summed E-state index contributed by atoms with van der Waals surface area (Å²) in [6.45, 7) is 1.76. The summed E-state index contributed by atoms with van der Waals surface area (Å²) in [5.74, 6) is -2.10. The first-order chi connectivity index (χ1) is 16.3. The molecule has 3 atom stereocenters. The third kappa shape index (κ3) is 6.81. The number of ether oxygens (including phenoxy) is 1. The van der Waals surface area contributed by atoms with Crippen molar-refractivity contribution in [3.05, 3.63) is 71.8 Å².